The Hall–Kier alpha value is -2.24. The van der Waals surface area contributed by atoms with Crippen molar-refractivity contribution in [1.82, 2.24) is 0 Å². The summed E-state index contributed by atoms with van der Waals surface area (Å²) >= 11 is 6.33. The molecule has 24 heavy (non-hydrogen) atoms. The number of nitrogens with one attached hydrogen (secondary N) is 1. The third-order valence-electron chi connectivity index (χ3n) is 3.87. The molecule has 1 fully saturated rings. The number of halogens is 1. The normalized spacial score (nSPS) is 14.3. The number of carbonyl (C=O) groups excluding carboxylic acids is 1. The monoisotopic (exact) mass is 346 g/mol. The lowest BCUT2D eigenvalue weighted by Crippen LogP contribution is -2.36. The van der Waals surface area contributed by atoms with Crippen molar-refractivity contribution in [3.05, 3.63) is 53.1 Å². The van der Waals surface area contributed by atoms with Crippen LogP contribution in [0.5, 0.6) is 5.75 Å². The first kappa shape index (κ1) is 16.6. The highest BCUT2D eigenvalue weighted by atomic mass is 35.5. The number of ether oxygens (including phenoxy) is 2. The van der Waals surface area contributed by atoms with Crippen molar-refractivity contribution < 1.29 is 14.3 Å². The summed E-state index contributed by atoms with van der Waals surface area (Å²) in [4.78, 5) is 14.3. The van der Waals surface area contributed by atoms with Gasteiger partial charge in [-0.1, -0.05) is 29.8 Å². The first-order valence-electron chi connectivity index (χ1n) is 7.80. The molecule has 1 heterocycles. The summed E-state index contributed by atoms with van der Waals surface area (Å²) in [6.07, 6.45) is -0.547. The second-order valence-corrected chi connectivity index (χ2v) is 5.94. The molecule has 0 atom stereocenters. The number of amides is 1. The molecule has 126 valence electrons. The van der Waals surface area contributed by atoms with Crippen LogP contribution in [-0.2, 0) is 4.74 Å². The van der Waals surface area contributed by atoms with E-state index in [4.69, 9.17) is 21.1 Å². The molecule has 2 aromatic carbocycles. The topological polar surface area (TPSA) is 50.8 Å². The molecule has 6 heteroatoms. The Bertz CT molecular complexity index is 716. The van der Waals surface area contributed by atoms with Crippen LogP contribution in [0, 0.1) is 6.92 Å². The zero-order valence-corrected chi connectivity index (χ0v) is 14.2. The highest BCUT2D eigenvalue weighted by Gasteiger charge is 2.17. The van der Waals surface area contributed by atoms with Crippen molar-refractivity contribution in [2.75, 3.05) is 36.5 Å². The largest absolute Gasteiger partial charge is 0.417 e. The van der Waals surface area contributed by atoms with Gasteiger partial charge >= 0.3 is 6.09 Å². The van der Waals surface area contributed by atoms with Gasteiger partial charge in [-0.05, 0) is 36.8 Å². The second kappa shape index (κ2) is 7.55. The van der Waals surface area contributed by atoms with Crippen LogP contribution in [0.2, 0.25) is 5.02 Å². The van der Waals surface area contributed by atoms with Gasteiger partial charge in [0.15, 0.2) is 0 Å². The van der Waals surface area contributed by atoms with Crippen LogP contribution < -0.4 is 15.0 Å². The molecule has 0 bridgehead atoms. The minimum atomic E-state index is -0.547. The van der Waals surface area contributed by atoms with Crippen LogP contribution in [0.3, 0.4) is 0 Å². The number of nitrogens with zero attached hydrogens (tertiary/aromatic N) is 1. The minimum absolute atomic E-state index is 0.488. The number of hydrogen-bond acceptors (Lipinski definition) is 4. The average molecular weight is 347 g/mol. The maximum absolute atomic E-state index is 12.1. The van der Waals surface area contributed by atoms with Gasteiger partial charge < -0.3 is 14.4 Å². The summed E-state index contributed by atoms with van der Waals surface area (Å²) in [6.45, 7) is 4.94. The molecule has 0 radical (unpaired) electrons. The Morgan fingerprint density at radius 3 is 2.62 bits per heavy atom. The summed E-state index contributed by atoms with van der Waals surface area (Å²) in [5.74, 6) is 0.488. The summed E-state index contributed by atoms with van der Waals surface area (Å²) in [6, 6.07) is 12.6. The average Bonchev–Trinajstić information content (AvgIpc) is 2.59. The fraction of sp³-hybridized carbons (Fsp3) is 0.278. The lowest BCUT2D eigenvalue weighted by molar-refractivity contribution is 0.122. The van der Waals surface area contributed by atoms with E-state index in [-0.39, 0.29) is 0 Å². The van der Waals surface area contributed by atoms with Gasteiger partial charge in [-0.25, -0.2) is 4.79 Å². The van der Waals surface area contributed by atoms with Crippen molar-refractivity contribution in [2.45, 2.75) is 6.92 Å². The van der Waals surface area contributed by atoms with E-state index in [2.05, 4.69) is 10.2 Å². The third kappa shape index (κ3) is 3.99. The van der Waals surface area contributed by atoms with E-state index in [1.807, 2.05) is 31.2 Å². The van der Waals surface area contributed by atoms with Crippen LogP contribution in [-0.4, -0.2) is 32.4 Å². The quantitative estimate of drug-likeness (QED) is 0.909. The molecule has 1 N–H and O–H groups in total. The van der Waals surface area contributed by atoms with E-state index in [0.717, 1.165) is 24.3 Å². The number of hydrogen-bond donors (Lipinski definition) is 1. The van der Waals surface area contributed by atoms with Gasteiger partial charge in [-0.15, -0.1) is 0 Å². The van der Waals surface area contributed by atoms with Crippen LogP contribution in [0.4, 0.5) is 16.2 Å². The van der Waals surface area contributed by atoms with Crippen molar-refractivity contribution >= 4 is 29.1 Å². The number of para-hydroxylation sites is 1. The predicted octanol–water partition coefficient (Wildman–Crippen LogP) is 4.10. The molecule has 2 aromatic rings. The zero-order chi connectivity index (χ0) is 16.9. The smallest absolute Gasteiger partial charge is 0.410 e. The highest BCUT2D eigenvalue weighted by Crippen LogP contribution is 2.31. The van der Waals surface area contributed by atoms with Crippen molar-refractivity contribution in [3.8, 4) is 5.75 Å². The van der Waals surface area contributed by atoms with Crippen LogP contribution in [0.25, 0.3) is 0 Å². The number of carbonyl (C=O) groups is 1. The zero-order valence-electron chi connectivity index (χ0n) is 13.4. The Labute approximate surface area is 146 Å². The molecule has 5 nitrogen and oxygen atoms in total. The molecule has 3 rings (SSSR count). The van der Waals surface area contributed by atoms with Crippen LogP contribution in [0.1, 0.15) is 5.56 Å². The van der Waals surface area contributed by atoms with Gasteiger partial charge in [0.2, 0.25) is 0 Å². The molecule has 0 unspecified atom stereocenters. The summed E-state index contributed by atoms with van der Waals surface area (Å²) in [7, 11) is 0. The van der Waals surface area contributed by atoms with Crippen molar-refractivity contribution in [3.63, 3.8) is 0 Å². The molecular weight excluding hydrogens is 328 g/mol. The van der Waals surface area contributed by atoms with E-state index in [1.54, 1.807) is 18.2 Å². The molecule has 1 amide bonds. The molecule has 1 aliphatic heterocycles. The Balaban J connectivity index is 1.75. The fourth-order valence-corrected chi connectivity index (χ4v) is 2.82. The molecular formula is C18H19ClN2O3. The number of morpholine rings is 1. The molecule has 0 aromatic heterocycles. The molecule has 0 saturated carbocycles. The van der Waals surface area contributed by atoms with Crippen LogP contribution >= 0.6 is 11.6 Å². The van der Waals surface area contributed by atoms with E-state index in [1.165, 1.54) is 0 Å². The van der Waals surface area contributed by atoms with Gasteiger partial charge in [-0.3, -0.25) is 5.32 Å². The van der Waals surface area contributed by atoms with Gasteiger partial charge in [0, 0.05) is 29.5 Å². The maximum atomic E-state index is 12.1. The Kier molecular flexibility index (Phi) is 5.23. The van der Waals surface area contributed by atoms with Gasteiger partial charge in [0.25, 0.3) is 0 Å². The van der Waals surface area contributed by atoms with E-state index in [9.17, 15) is 4.79 Å². The molecule has 0 aliphatic carbocycles. The highest BCUT2D eigenvalue weighted by molar-refractivity contribution is 6.32. The predicted molar refractivity (Wildman–Crippen MR) is 95.3 cm³/mol. The molecule has 1 aliphatic rings. The van der Waals surface area contributed by atoms with E-state index < -0.39 is 6.09 Å². The first-order valence-corrected chi connectivity index (χ1v) is 8.18. The lowest BCUT2D eigenvalue weighted by atomic mass is 10.1. The van der Waals surface area contributed by atoms with E-state index >= 15 is 0 Å². The summed E-state index contributed by atoms with van der Waals surface area (Å²) < 4.78 is 10.6. The number of rotatable bonds is 3. The van der Waals surface area contributed by atoms with Crippen LogP contribution in [0.15, 0.2) is 42.5 Å². The minimum Gasteiger partial charge on any atom is -0.410 e. The van der Waals surface area contributed by atoms with Gasteiger partial charge in [-0.2, -0.15) is 0 Å². The number of benzene rings is 2. The fourth-order valence-electron chi connectivity index (χ4n) is 2.61. The Morgan fingerprint density at radius 2 is 1.92 bits per heavy atom. The van der Waals surface area contributed by atoms with Gasteiger partial charge in [0.05, 0.1) is 13.2 Å². The van der Waals surface area contributed by atoms with Gasteiger partial charge in [0.1, 0.15) is 5.75 Å². The first-order chi connectivity index (χ1) is 11.6. The Morgan fingerprint density at radius 1 is 1.21 bits per heavy atom. The third-order valence-corrected chi connectivity index (χ3v) is 4.26. The number of anilines is 2. The van der Waals surface area contributed by atoms with Crippen molar-refractivity contribution in [2.24, 2.45) is 0 Å². The van der Waals surface area contributed by atoms with E-state index in [0.29, 0.717) is 29.7 Å². The maximum Gasteiger partial charge on any atom is 0.417 e. The lowest BCUT2D eigenvalue weighted by Gasteiger charge is -2.30. The SMILES string of the molecule is Cc1c(Cl)cc(NC(=O)Oc2ccccc2)cc1N1CCOCC1. The molecule has 0 spiro atoms. The standard InChI is InChI=1S/C18H19ClN2O3/c1-13-16(19)11-14(12-17(13)21-7-9-23-10-8-21)20-18(22)24-15-5-3-2-4-6-15/h2-6,11-12H,7-10H2,1H3,(H,20,22). The van der Waals surface area contributed by atoms with Crippen molar-refractivity contribution in [1.29, 1.82) is 0 Å². The summed E-state index contributed by atoms with van der Waals surface area (Å²) in [5.41, 5.74) is 2.59. The molecule has 1 saturated heterocycles. The summed E-state index contributed by atoms with van der Waals surface area (Å²) in [5, 5.41) is 3.34. The second-order valence-electron chi connectivity index (χ2n) is 5.53.